The van der Waals surface area contributed by atoms with Gasteiger partial charge in [0.25, 0.3) is 0 Å². The molecule has 2 unspecified atom stereocenters. The van der Waals surface area contributed by atoms with Crippen molar-refractivity contribution in [3.63, 3.8) is 0 Å². The van der Waals surface area contributed by atoms with Crippen molar-refractivity contribution in [1.29, 1.82) is 0 Å². The Kier molecular flexibility index (Phi) is 5.09. The van der Waals surface area contributed by atoms with Crippen LogP contribution < -0.4 is 5.73 Å². The Morgan fingerprint density at radius 3 is 2.64 bits per heavy atom. The number of nitrogens with two attached hydrogens (primary N) is 1. The number of amides is 1. The van der Waals surface area contributed by atoms with Crippen LogP contribution in [0.25, 0.3) is 0 Å². The van der Waals surface area contributed by atoms with E-state index in [1.54, 1.807) is 0 Å². The number of hydrogen-bond acceptors (Lipinski definition) is 7. The molecule has 2 rings (SSSR count). The molecule has 2 aliphatic heterocycles. The summed E-state index contributed by atoms with van der Waals surface area (Å²) in [6.07, 6.45) is 0. The predicted octanol–water partition coefficient (Wildman–Crippen LogP) is 0.302. The SMILES string of the molecule is COC(=O)C1(C(=O)OCC(Cl)(Cl)Cl)CS[C@@H]2C(N)C(=O)N2C1. The molecular weight excluding hydrogens is 379 g/mol. The van der Waals surface area contributed by atoms with Gasteiger partial charge in [-0.15, -0.1) is 11.8 Å². The maximum atomic E-state index is 12.4. The average Bonchev–Trinajstić information content (AvgIpc) is 2.49. The van der Waals surface area contributed by atoms with E-state index < -0.39 is 33.8 Å². The van der Waals surface area contributed by atoms with E-state index >= 15 is 0 Å². The summed E-state index contributed by atoms with van der Waals surface area (Å²) in [6.45, 7) is -0.681. The van der Waals surface area contributed by atoms with E-state index in [2.05, 4.69) is 0 Å². The van der Waals surface area contributed by atoms with Gasteiger partial charge < -0.3 is 20.1 Å². The molecule has 2 aliphatic rings. The van der Waals surface area contributed by atoms with Gasteiger partial charge in [0.1, 0.15) is 18.0 Å². The van der Waals surface area contributed by atoms with Crippen LogP contribution >= 0.6 is 46.6 Å². The monoisotopic (exact) mass is 390 g/mol. The quantitative estimate of drug-likeness (QED) is 0.320. The molecule has 1 amide bonds. The Hall–Kier alpha value is -0.410. The van der Waals surface area contributed by atoms with Crippen LogP contribution in [0.3, 0.4) is 0 Å². The lowest BCUT2D eigenvalue weighted by Gasteiger charge is -2.52. The molecule has 0 bridgehead atoms. The fourth-order valence-corrected chi connectivity index (χ4v) is 3.92. The number of halogens is 3. The van der Waals surface area contributed by atoms with Crippen molar-refractivity contribution in [2.75, 3.05) is 26.0 Å². The number of fused-ring (bicyclic) bond motifs is 1. The number of methoxy groups -OCH3 is 1. The standard InChI is InChI=1S/C11H13Cl3N2O5S/c1-20-8(18)10(9(19)21-3-11(12,13)14)2-16-6(17)5(15)7(16)22-4-10/h5,7H,2-4,15H2,1H3/t5?,7-,10?/m1/s1. The van der Waals surface area contributed by atoms with E-state index in [1.165, 1.54) is 16.7 Å². The van der Waals surface area contributed by atoms with Crippen LogP contribution in [-0.2, 0) is 23.9 Å². The first-order chi connectivity index (χ1) is 10.1. The van der Waals surface area contributed by atoms with Crippen molar-refractivity contribution >= 4 is 64.4 Å². The lowest BCUT2D eigenvalue weighted by atomic mass is 9.87. The minimum absolute atomic E-state index is 0.0700. The maximum absolute atomic E-state index is 12.4. The third kappa shape index (κ3) is 3.12. The highest BCUT2D eigenvalue weighted by molar-refractivity contribution is 8.00. The second-order valence-corrected chi connectivity index (χ2v) is 8.58. The summed E-state index contributed by atoms with van der Waals surface area (Å²) in [6, 6.07) is -0.627. The number of ether oxygens (including phenoxy) is 2. The Morgan fingerprint density at radius 1 is 1.45 bits per heavy atom. The molecule has 0 aliphatic carbocycles. The van der Waals surface area contributed by atoms with Gasteiger partial charge in [-0.1, -0.05) is 34.8 Å². The molecule has 2 heterocycles. The molecular formula is C11H13Cl3N2O5S. The molecule has 0 aromatic heterocycles. The third-order valence-electron chi connectivity index (χ3n) is 3.46. The highest BCUT2D eigenvalue weighted by Gasteiger charge is 2.60. The van der Waals surface area contributed by atoms with Crippen molar-refractivity contribution in [3.05, 3.63) is 0 Å². The molecule has 2 saturated heterocycles. The number of rotatable bonds is 3. The van der Waals surface area contributed by atoms with Gasteiger partial charge in [-0.05, 0) is 0 Å². The van der Waals surface area contributed by atoms with Crippen LogP contribution in [0, 0.1) is 5.41 Å². The fraction of sp³-hybridized carbons (Fsp3) is 0.727. The van der Waals surface area contributed by atoms with Gasteiger partial charge in [0.2, 0.25) is 9.70 Å². The van der Waals surface area contributed by atoms with Crippen molar-refractivity contribution in [2.45, 2.75) is 15.2 Å². The normalized spacial score (nSPS) is 31.1. The first kappa shape index (κ1) is 17.9. The van der Waals surface area contributed by atoms with E-state index in [0.717, 1.165) is 7.11 Å². The van der Waals surface area contributed by atoms with Crippen LogP contribution in [0.15, 0.2) is 0 Å². The molecule has 3 atom stereocenters. The third-order valence-corrected chi connectivity index (χ3v) is 5.33. The van der Waals surface area contributed by atoms with Crippen molar-refractivity contribution in [3.8, 4) is 0 Å². The zero-order chi connectivity index (χ0) is 16.7. The number of β-lactam (4-membered cyclic amide) rings is 1. The second kappa shape index (κ2) is 6.24. The Labute approximate surface area is 145 Å². The van der Waals surface area contributed by atoms with Gasteiger partial charge in [0.15, 0.2) is 5.41 Å². The van der Waals surface area contributed by atoms with Crippen molar-refractivity contribution in [2.24, 2.45) is 11.1 Å². The highest BCUT2D eigenvalue weighted by atomic mass is 35.6. The summed E-state index contributed by atoms with van der Waals surface area (Å²) in [5.41, 5.74) is 4.02. The second-order valence-electron chi connectivity index (χ2n) is 4.96. The number of carbonyl (C=O) groups excluding carboxylic acids is 3. The van der Waals surface area contributed by atoms with Crippen LogP contribution in [0.2, 0.25) is 0 Å². The fourth-order valence-electron chi connectivity index (χ4n) is 2.29. The molecule has 22 heavy (non-hydrogen) atoms. The van der Waals surface area contributed by atoms with E-state index in [4.69, 9.17) is 50.0 Å². The Morgan fingerprint density at radius 2 is 2.09 bits per heavy atom. The molecule has 0 saturated carbocycles. The van der Waals surface area contributed by atoms with Gasteiger partial charge in [-0.3, -0.25) is 14.4 Å². The highest BCUT2D eigenvalue weighted by Crippen LogP contribution is 2.43. The summed E-state index contributed by atoms with van der Waals surface area (Å²) in [5.74, 6) is -1.97. The lowest BCUT2D eigenvalue weighted by molar-refractivity contribution is -0.174. The van der Waals surface area contributed by atoms with Crippen molar-refractivity contribution < 1.29 is 23.9 Å². The molecule has 124 valence electrons. The summed E-state index contributed by atoms with van der Waals surface area (Å²) < 4.78 is 7.82. The van der Waals surface area contributed by atoms with Crippen LogP contribution in [-0.4, -0.2) is 64.0 Å². The zero-order valence-electron chi connectivity index (χ0n) is 11.4. The minimum Gasteiger partial charge on any atom is -0.468 e. The molecule has 0 aromatic rings. The number of nitrogens with zero attached hydrogens (tertiary/aromatic N) is 1. The molecule has 2 fully saturated rings. The Bertz CT molecular complexity index is 514. The van der Waals surface area contributed by atoms with E-state index in [0.29, 0.717) is 0 Å². The van der Waals surface area contributed by atoms with Crippen LogP contribution in [0.4, 0.5) is 0 Å². The largest absolute Gasteiger partial charge is 0.468 e. The predicted molar refractivity (Wildman–Crippen MR) is 81.6 cm³/mol. The molecule has 2 N–H and O–H groups in total. The number of hydrogen-bond donors (Lipinski definition) is 1. The first-order valence-corrected chi connectivity index (χ1v) is 8.31. The number of thioether (sulfide) groups is 1. The molecule has 0 spiro atoms. The summed E-state index contributed by atoms with van der Waals surface area (Å²) in [5, 5.41) is -0.258. The smallest absolute Gasteiger partial charge is 0.326 e. The Balaban J connectivity index is 2.17. The summed E-state index contributed by atoms with van der Waals surface area (Å²) in [7, 11) is 1.15. The van der Waals surface area contributed by atoms with Gasteiger partial charge in [0, 0.05) is 12.3 Å². The van der Waals surface area contributed by atoms with Crippen LogP contribution in [0.5, 0.6) is 0 Å². The van der Waals surface area contributed by atoms with Crippen LogP contribution in [0.1, 0.15) is 0 Å². The number of carbonyl (C=O) groups is 3. The summed E-state index contributed by atoms with van der Waals surface area (Å²) in [4.78, 5) is 37.6. The topological polar surface area (TPSA) is 98.9 Å². The molecule has 0 radical (unpaired) electrons. The zero-order valence-corrected chi connectivity index (χ0v) is 14.5. The summed E-state index contributed by atoms with van der Waals surface area (Å²) >= 11 is 17.8. The van der Waals surface area contributed by atoms with Gasteiger partial charge >= 0.3 is 11.9 Å². The molecule has 0 aromatic carbocycles. The van der Waals surface area contributed by atoms with Gasteiger partial charge in [-0.25, -0.2) is 0 Å². The molecule has 11 heteroatoms. The number of alkyl halides is 3. The van der Waals surface area contributed by atoms with Gasteiger partial charge in [-0.2, -0.15) is 0 Å². The minimum atomic E-state index is -1.80. The van der Waals surface area contributed by atoms with E-state index in [1.807, 2.05) is 0 Å². The van der Waals surface area contributed by atoms with Gasteiger partial charge in [0.05, 0.1) is 7.11 Å². The molecule has 7 nitrogen and oxygen atoms in total. The lowest BCUT2D eigenvalue weighted by Crippen LogP contribution is -2.73. The van der Waals surface area contributed by atoms with E-state index in [9.17, 15) is 14.4 Å². The number of esters is 2. The van der Waals surface area contributed by atoms with E-state index in [-0.39, 0.29) is 23.6 Å². The van der Waals surface area contributed by atoms with Crippen molar-refractivity contribution in [1.82, 2.24) is 4.90 Å². The average molecular weight is 392 g/mol. The first-order valence-electron chi connectivity index (χ1n) is 6.12. The maximum Gasteiger partial charge on any atom is 0.326 e.